The molecule has 0 saturated carbocycles. The Morgan fingerprint density at radius 3 is 2.92 bits per heavy atom. The molecule has 3 aromatic rings. The molecule has 1 aliphatic rings. The molecule has 0 aliphatic carbocycles. The van der Waals surface area contributed by atoms with Gasteiger partial charge in [-0.15, -0.1) is 5.10 Å². The molecule has 0 bridgehead atoms. The second-order valence-corrected chi connectivity index (χ2v) is 6.09. The number of aromatic nitrogens is 5. The van der Waals surface area contributed by atoms with Gasteiger partial charge in [0.15, 0.2) is 0 Å². The summed E-state index contributed by atoms with van der Waals surface area (Å²) in [6, 6.07) is 3.79. The zero-order chi connectivity index (χ0) is 17.2. The molecular weight excluding hydrogens is 318 g/mol. The number of rotatable bonds is 2. The minimum Gasteiger partial charge on any atom is -0.369 e. The molecule has 4 rings (SSSR count). The molecule has 4 heterocycles. The highest BCUT2D eigenvalue weighted by molar-refractivity contribution is 5.91. The van der Waals surface area contributed by atoms with Gasteiger partial charge in [0.05, 0.1) is 0 Å². The number of anilines is 1. The first-order valence-electron chi connectivity index (χ1n) is 8.34. The first kappa shape index (κ1) is 15.5. The van der Waals surface area contributed by atoms with Crippen LogP contribution in [0, 0.1) is 6.92 Å². The van der Waals surface area contributed by atoms with Crippen LogP contribution in [-0.4, -0.2) is 61.6 Å². The van der Waals surface area contributed by atoms with Crippen LogP contribution in [0.4, 0.5) is 5.69 Å². The molecule has 25 heavy (non-hydrogen) atoms. The van der Waals surface area contributed by atoms with Gasteiger partial charge in [-0.1, -0.05) is 0 Å². The molecule has 8 heteroatoms. The predicted molar refractivity (Wildman–Crippen MR) is 92.5 cm³/mol. The fourth-order valence-electron chi connectivity index (χ4n) is 3.15. The number of fused-ring (bicyclic) bond motifs is 1. The third-order valence-electron chi connectivity index (χ3n) is 4.42. The molecule has 1 fully saturated rings. The van der Waals surface area contributed by atoms with Crippen molar-refractivity contribution in [2.75, 3.05) is 31.1 Å². The van der Waals surface area contributed by atoms with E-state index in [4.69, 9.17) is 0 Å². The summed E-state index contributed by atoms with van der Waals surface area (Å²) in [7, 11) is 0. The normalized spacial score (nSPS) is 15.4. The Morgan fingerprint density at radius 1 is 1.16 bits per heavy atom. The summed E-state index contributed by atoms with van der Waals surface area (Å²) in [5.74, 6) is 0.501. The number of hydrogen-bond acceptors (Lipinski definition) is 6. The van der Waals surface area contributed by atoms with Crippen molar-refractivity contribution in [1.29, 1.82) is 0 Å². The van der Waals surface area contributed by atoms with Crippen molar-refractivity contribution in [3.63, 3.8) is 0 Å². The lowest BCUT2D eigenvalue weighted by molar-refractivity contribution is 0.0755. The van der Waals surface area contributed by atoms with Gasteiger partial charge in [-0.3, -0.25) is 9.78 Å². The quantitative estimate of drug-likeness (QED) is 0.699. The van der Waals surface area contributed by atoms with Crippen LogP contribution in [-0.2, 0) is 0 Å². The van der Waals surface area contributed by atoms with Crippen LogP contribution in [0.2, 0.25) is 0 Å². The molecule has 0 radical (unpaired) electrons. The highest BCUT2D eigenvalue weighted by atomic mass is 16.2. The molecule has 0 aromatic carbocycles. The fourth-order valence-corrected chi connectivity index (χ4v) is 3.15. The van der Waals surface area contributed by atoms with Crippen molar-refractivity contribution >= 4 is 17.4 Å². The lowest BCUT2D eigenvalue weighted by Crippen LogP contribution is -2.36. The van der Waals surface area contributed by atoms with E-state index in [-0.39, 0.29) is 11.7 Å². The lowest BCUT2D eigenvalue weighted by atomic mass is 10.2. The van der Waals surface area contributed by atoms with Gasteiger partial charge >= 0.3 is 0 Å². The van der Waals surface area contributed by atoms with Gasteiger partial charge < -0.3 is 9.80 Å². The molecule has 0 unspecified atom stereocenters. The molecule has 1 amide bonds. The Bertz CT molecular complexity index is 874. The summed E-state index contributed by atoms with van der Waals surface area (Å²) in [6.45, 7) is 5.09. The van der Waals surface area contributed by atoms with Crippen molar-refractivity contribution in [1.82, 2.24) is 29.5 Å². The summed E-state index contributed by atoms with van der Waals surface area (Å²) in [4.78, 5) is 29.4. The second kappa shape index (κ2) is 6.46. The molecule has 1 aliphatic heterocycles. The topological polar surface area (TPSA) is 79.5 Å². The molecule has 8 nitrogen and oxygen atoms in total. The zero-order valence-corrected chi connectivity index (χ0v) is 14.0. The number of carbonyl (C=O) groups is 1. The Morgan fingerprint density at radius 2 is 2.08 bits per heavy atom. The van der Waals surface area contributed by atoms with E-state index in [9.17, 15) is 4.79 Å². The van der Waals surface area contributed by atoms with E-state index in [0.717, 1.165) is 25.1 Å². The smallest absolute Gasteiger partial charge is 0.293 e. The number of hydrogen-bond donors (Lipinski definition) is 0. The van der Waals surface area contributed by atoms with E-state index in [2.05, 4.69) is 31.9 Å². The van der Waals surface area contributed by atoms with Gasteiger partial charge in [0, 0.05) is 56.7 Å². The summed E-state index contributed by atoms with van der Waals surface area (Å²) in [5.41, 5.74) is 2.33. The monoisotopic (exact) mass is 337 g/mol. The van der Waals surface area contributed by atoms with E-state index >= 15 is 0 Å². The first-order chi connectivity index (χ1) is 12.2. The molecule has 0 N–H and O–H groups in total. The van der Waals surface area contributed by atoms with Gasteiger partial charge in [-0.05, 0) is 31.0 Å². The van der Waals surface area contributed by atoms with Crippen LogP contribution >= 0.6 is 0 Å². The molecule has 0 spiro atoms. The average Bonchev–Trinajstić information content (AvgIpc) is 2.92. The molecule has 3 aromatic heterocycles. The standard InChI is InChI=1S/C17H19N7O/c1-13-12-18-6-4-14(13)22-7-3-8-23(11-10-22)16(25)15-20-17-19-5-2-9-24(17)21-15/h2,4-6,9,12H,3,7-8,10-11H2,1H3. The zero-order valence-electron chi connectivity index (χ0n) is 14.0. The van der Waals surface area contributed by atoms with Crippen molar-refractivity contribution in [2.24, 2.45) is 0 Å². The summed E-state index contributed by atoms with van der Waals surface area (Å²) < 4.78 is 1.53. The maximum Gasteiger partial charge on any atom is 0.293 e. The largest absolute Gasteiger partial charge is 0.369 e. The van der Waals surface area contributed by atoms with Crippen LogP contribution in [0.5, 0.6) is 0 Å². The number of nitrogens with zero attached hydrogens (tertiary/aromatic N) is 7. The summed E-state index contributed by atoms with van der Waals surface area (Å²) in [5, 5.41) is 4.24. The third kappa shape index (κ3) is 3.02. The minimum absolute atomic E-state index is 0.140. The molecule has 1 saturated heterocycles. The first-order valence-corrected chi connectivity index (χ1v) is 8.34. The lowest BCUT2D eigenvalue weighted by Gasteiger charge is -2.24. The van der Waals surface area contributed by atoms with Crippen LogP contribution in [0.1, 0.15) is 22.6 Å². The summed E-state index contributed by atoms with van der Waals surface area (Å²) in [6.07, 6.45) is 7.96. The van der Waals surface area contributed by atoms with E-state index in [1.807, 2.05) is 23.4 Å². The fraction of sp³-hybridized carbons (Fsp3) is 0.353. The summed E-state index contributed by atoms with van der Waals surface area (Å²) >= 11 is 0. The molecule has 0 atom stereocenters. The van der Waals surface area contributed by atoms with E-state index < -0.39 is 0 Å². The SMILES string of the molecule is Cc1cnccc1N1CCCN(C(=O)c2nc3ncccn3n2)CC1. The Labute approximate surface area is 145 Å². The Balaban J connectivity index is 1.50. The minimum atomic E-state index is -0.140. The van der Waals surface area contributed by atoms with E-state index in [1.165, 1.54) is 10.2 Å². The number of pyridine rings is 1. The highest BCUT2D eigenvalue weighted by Gasteiger charge is 2.24. The van der Waals surface area contributed by atoms with Gasteiger partial charge in [-0.25, -0.2) is 9.50 Å². The second-order valence-electron chi connectivity index (χ2n) is 6.09. The van der Waals surface area contributed by atoms with Crippen LogP contribution in [0.25, 0.3) is 5.78 Å². The predicted octanol–water partition coefficient (Wildman–Crippen LogP) is 1.18. The van der Waals surface area contributed by atoms with E-state index in [1.54, 1.807) is 18.5 Å². The van der Waals surface area contributed by atoms with Crippen molar-refractivity contribution in [3.8, 4) is 0 Å². The van der Waals surface area contributed by atoms with E-state index in [0.29, 0.717) is 18.9 Å². The van der Waals surface area contributed by atoms with Crippen LogP contribution in [0.3, 0.4) is 0 Å². The van der Waals surface area contributed by atoms with Gasteiger partial charge in [0.1, 0.15) is 0 Å². The maximum atomic E-state index is 12.8. The molecule has 128 valence electrons. The van der Waals surface area contributed by atoms with Crippen LogP contribution < -0.4 is 4.90 Å². The van der Waals surface area contributed by atoms with Gasteiger partial charge in [0.25, 0.3) is 11.7 Å². The maximum absolute atomic E-state index is 12.8. The van der Waals surface area contributed by atoms with Crippen LogP contribution in [0.15, 0.2) is 36.9 Å². The van der Waals surface area contributed by atoms with Crippen molar-refractivity contribution in [3.05, 3.63) is 48.3 Å². The number of amides is 1. The number of carbonyl (C=O) groups excluding carboxylic acids is 1. The van der Waals surface area contributed by atoms with Crippen molar-refractivity contribution < 1.29 is 4.79 Å². The average molecular weight is 337 g/mol. The van der Waals surface area contributed by atoms with Gasteiger partial charge in [-0.2, -0.15) is 4.98 Å². The third-order valence-corrected chi connectivity index (χ3v) is 4.42. The Hall–Kier alpha value is -3.03. The number of aryl methyl sites for hydroxylation is 1. The molecular formula is C17H19N7O. The Kier molecular flexibility index (Phi) is 4.01. The highest BCUT2D eigenvalue weighted by Crippen LogP contribution is 2.20. The van der Waals surface area contributed by atoms with Crippen molar-refractivity contribution in [2.45, 2.75) is 13.3 Å². The van der Waals surface area contributed by atoms with Gasteiger partial charge in [0.2, 0.25) is 5.82 Å².